The molecule has 0 amide bonds. The highest BCUT2D eigenvalue weighted by atomic mass is 79.9. The Morgan fingerprint density at radius 3 is 2.83 bits per heavy atom. The highest BCUT2D eigenvalue weighted by molar-refractivity contribution is 9.10. The quantitative estimate of drug-likeness (QED) is 0.697. The number of likely N-dealkylation sites (tertiary alicyclic amines) is 1. The van der Waals surface area contributed by atoms with Gasteiger partial charge in [-0.1, -0.05) is 19.6 Å². The number of nitrogens with zero attached hydrogens (tertiary/aromatic N) is 1. The summed E-state index contributed by atoms with van der Waals surface area (Å²) in [5, 5.41) is 0. The van der Waals surface area contributed by atoms with E-state index in [1.807, 2.05) is 6.92 Å². The fraction of sp³-hybridized carbons (Fsp3) is 0.556. The predicted molar refractivity (Wildman–Crippen MR) is 98.1 cm³/mol. The highest BCUT2D eigenvalue weighted by Gasteiger charge is 2.32. The Labute approximate surface area is 147 Å². The number of nitrogens with two attached hydrogens (primary N) is 1. The van der Waals surface area contributed by atoms with Gasteiger partial charge in [-0.25, -0.2) is 0 Å². The minimum atomic E-state index is 0.243. The van der Waals surface area contributed by atoms with Crippen molar-refractivity contribution in [3.05, 3.63) is 34.8 Å². The van der Waals surface area contributed by atoms with E-state index in [4.69, 9.17) is 15.2 Å². The molecule has 1 aromatic carbocycles. The maximum Gasteiger partial charge on any atom is 0.175 e. The second kappa shape index (κ2) is 8.18. The fourth-order valence-corrected chi connectivity index (χ4v) is 3.55. The summed E-state index contributed by atoms with van der Waals surface area (Å²) >= 11 is 3.61. The molecule has 0 radical (unpaired) electrons. The van der Waals surface area contributed by atoms with Gasteiger partial charge in [0.15, 0.2) is 11.5 Å². The summed E-state index contributed by atoms with van der Waals surface area (Å²) in [6.07, 6.45) is 2.89. The molecular weight excluding hydrogens is 356 g/mol. The first-order chi connectivity index (χ1) is 11.0. The van der Waals surface area contributed by atoms with E-state index >= 15 is 0 Å². The van der Waals surface area contributed by atoms with Crippen LogP contribution in [0.15, 0.2) is 29.3 Å². The van der Waals surface area contributed by atoms with E-state index in [0.29, 0.717) is 13.2 Å². The Balaban J connectivity index is 2.15. The SMILES string of the molecule is C=CCOc1c(Br)cc(CN2CCC(C)(CN)C2)cc1OCC. The van der Waals surface area contributed by atoms with Crippen LogP contribution in [-0.2, 0) is 6.54 Å². The van der Waals surface area contributed by atoms with E-state index in [-0.39, 0.29) is 5.41 Å². The number of halogens is 1. The van der Waals surface area contributed by atoms with Gasteiger partial charge < -0.3 is 15.2 Å². The summed E-state index contributed by atoms with van der Waals surface area (Å²) in [6.45, 7) is 12.8. The molecule has 1 aliphatic rings. The Hall–Kier alpha value is -1.04. The van der Waals surface area contributed by atoms with E-state index in [9.17, 15) is 0 Å². The zero-order valence-electron chi connectivity index (χ0n) is 14.1. The van der Waals surface area contributed by atoms with Crippen molar-refractivity contribution in [1.29, 1.82) is 0 Å². The molecule has 4 nitrogen and oxygen atoms in total. The van der Waals surface area contributed by atoms with Crippen LogP contribution in [0, 0.1) is 5.41 Å². The molecule has 0 bridgehead atoms. The van der Waals surface area contributed by atoms with E-state index < -0.39 is 0 Å². The first kappa shape index (κ1) is 18.3. The molecule has 1 atom stereocenters. The Morgan fingerprint density at radius 1 is 1.43 bits per heavy atom. The molecule has 1 heterocycles. The maximum absolute atomic E-state index is 5.90. The molecule has 1 aromatic rings. The predicted octanol–water partition coefficient (Wildman–Crippen LogP) is 3.58. The molecule has 2 rings (SSSR count). The molecule has 1 aliphatic heterocycles. The number of benzene rings is 1. The van der Waals surface area contributed by atoms with E-state index in [0.717, 1.165) is 48.6 Å². The summed E-state index contributed by atoms with van der Waals surface area (Å²) in [7, 11) is 0. The zero-order valence-corrected chi connectivity index (χ0v) is 15.7. The van der Waals surface area contributed by atoms with Crippen LogP contribution in [0.5, 0.6) is 11.5 Å². The van der Waals surface area contributed by atoms with Crippen molar-refractivity contribution >= 4 is 15.9 Å². The van der Waals surface area contributed by atoms with Gasteiger partial charge in [0.05, 0.1) is 11.1 Å². The average Bonchev–Trinajstić information content (AvgIpc) is 2.89. The Morgan fingerprint density at radius 2 is 2.22 bits per heavy atom. The van der Waals surface area contributed by atoms with Crippen molar-refractivity contribution in [3.63, 3.8) is 0 Å². The summed E-state index contributed by atoms with van der Waals surface area (Å²) in [5.74, 6) is 1.52. The van der Waals surface area contributed by atoms with Gasteiger partial charge in [0.1, 0.15) is 6.61 Å². The molecule has 2 N–H and O–H groups in total. The Kier molecular flexibility index (Phi) is 6.50. The molecule has 23 heavy (non-hydrogen) atoms. The molecular formula is C18H27BrN2O2. The molecule has 1 unspecified atom stereocenters. The highest BCUT2D eigenvalue weighted by Crippen LogP contribution is 2.38. The standard InChI is InChI=1S/C18H27BrN2O2/c1-4-8-23-17-15(19)9-14(10-16(17)22-5-2)11-21-7-6-18(3,12-20)13-21/h4,9-10H,1,5-8,11-13,20H2,2-3H3. The summed E-state index contributed by atoms with van der Waals surface area (Å²) in [5.41, 5.74) is 7.36. The van der Waals surface area contributed by atoms with Crippen molar-refractivity contribution < 1.29 is 9.47 Å². The van der Waals surface area contributed by atoms with Crippen LogP contribution in [0.2, 0.25) is 0 Å². The lowest BCUT2D eigenvalue weighted by Crippen LogP contribution is -2.31. The number of hydrogen-bond acceptors (Lipinski definition) is 4. The fourth-order valence-electron chi connectivity index (χ4n) is 2.94. The second-order valence-corrected chi connectivity index (χ2v) is 7.27. The maximum atomic E-state index is 5.90. The lowest BCUT2D eigenvalue weighted by Gasteiger charge is -2.23. The van der Waals surface area contributed by atoms with Crippen molar-refractivity contribution in [2.24, 2.45) is 11.1 Å². The van der Waals surface area contributed by atoms with Gasteiger partial charge in [0.25, 0.3) is 0 Å². The molecule has 1 fully saturated rings. The molecule has 128 valence electrons. The van der Waals surface area contributed by atoms with Crippen LogP contribution in [0.4, 0.5) is 0 Å². The van der Waals surface area contributed by atoms with E-state index in [2.05, 4.69) is 46.5 Å². The third-order valence-electron chi connectivity index (χ3n) is 4.25. The summed E-state index contributed by atoms with van der Waals surface area (Å²) in [4.78, 5) is 2.45. The van der Waals surface area contributed by atoms with Crippen molar-refractivity contribution in [2.45, 2.75) is 26.8 Å². The van der Waals surface area contributed by atoms with Gasteiger partial charge in [0.2, 0.25) is 0 Å². The first-order valence-electron chi connectivity index (χ1n) is 8.12. The van der Waals surface area contributed by atoms with Gasteiger partial charge >= 0.3 is 0 Å². The number of hydrogen-bond donors (Lipinski definition) is 1. The van der Waals surface area contributed by atoms with Crippen LogP contribution in [0.3, 0.4) is 0 Å². The number of rotatable bonds is 8. The average molecular weight is 383 g/mol. The Bertz CT molecular complexity index is 550. The minimum Gasteiger partial charge on any atom is -0.490 e. The lowest BCUT2D eigenvalue weighted by atomic mass is 9.90. The molecule has 1 saturated heterocycles. The lowest BCUT2D eigenvalue weighted by molar-refractivity contribution is 0.272. The topological polar surface area (TPSA) is 47.7 Å². The zero-order chi connectivity index (χ0) is 16.9. The molecule has 5 heteroatoms. The van der Waals surface area contributed by atoms with Crippen LogP contribution in [0.1, 0.15) is 25.8 Å². The second-order valence-electron chi connectivity index (χ2n) is 6.41. The molecule has 0 saturated carbocycles. The van der Waals surface area contributed by atoms with Gasteiger partial charge in [0, 0.05) is 13.1 Å². The normalized spacial score (nSPS) is 21.4. The van der Waals surface area contributed by atoms with Gasteiger partial charge in [-0.15, -0.1) is 0 Å². The summed E-state index contributed by atoms with van der Waals surface area (Å²) < 4.78 is 12.4. The van der Waals surface area contributed by atoms with Crippen LogP contribution in [0.25, 0.3) is 0 Å². The van der Waals surface area contributed by atoms with Crippen molar-refractivity contribution in [3.8, 4) is 11.5 Å². The van der Waals surface area contributed by atoms with Gasteiger partial charge in [-0.2, -0.15) is 0 Å². The van der Waals surface area contributed by atoms with Crippen molar-refractivity contribution in [2.75, 3.05) is 32.8 Å². The number of ether oxygens (including phenoxy) is 2. The van der Waals surface area contributed by atoms with Crippen LogP contribution in [-0.4, -0.2) is 37.7 Å². The minimum absolute atomic E-state index is 0.243. The summed E-state index contributed by atoms with van der Waals surface area (Å²) in [6, 6.07) is 4.18. The van der Waals surface area contributed by atoms with E-state index in [1.165, 1.54) is 5.56 Å². The van der Waals surface area contributed by atoms with Gasteiger partial charge in [-0.05, 0) is 65.5 Å². The first-order valence-corrected chi connectivity index (χ1v) is 8.92. The molecule has 0 spiro atoms. The van der Waals surface area contributed by atoms with Crippen LogP contribution >= 0.6 is 15.9 Å². The third kappa shape index (κ3) is 4.72. The smallest absolute Gasteiger partial charge is 0.175 e. The van der Waals surface area contributed by atoms with Crippen LogP contribution < -0.4 is 15.2 Å². The molecule has 0 aliphatic carbocycles. The monoisotopic (exact) mass is 382 g/mol. The van der Waals surface area contributed by atoms with Gasteiger partial charge in [-0.3, -0.25) is 4.90 Å². The largest absolute Gasteiger partial charge is 0.490 e. The third-order valence-corrected chi connectivity index (χ3v) is 4.84. The van der Waals surface area contributed by atoms with E-state index in [1.54, 1.807) is 6.08 Å². The molecule has 0 aromatic heterocycles. The van der Waals surface area contributed by atoms with Crippen molar-refractivity contribution in [1.82, 2.24) is 4.90 Å².